The second-order valence-corrected chi connectivity index (χ2v) is 7.45. The third kappa shape index (κ3) is 8.77. The maximum Gasteiger partial charge on any atom is 0.316 e. The Labute approximate surface area is 187 Å². The maximum atomic E-state index is 9.26. The summed E-state index contributed by atoms with van der Waals surface area (Å²) >= 11 is 12.7. The van der Waals surface area contributed by atoms with Crippen LogP contribution in [0, 0.1) is 0 Å². The van der Waals surface area contributed by atoms with E-state index in [0.717, 1.165) is 21.5 Å². The number of aromatic hydroxyl groups is 2. The predicted molar refractivity (Wildman–Crippen MR) is 105 cm³/mol. The van der Waals surface area contributed by atoms with Gasteiger partial charge in [0.1, 0.15) is 22.6 Å². The number of benzene rings is 2. The molecule has 2 aromatic rings. The minimum absolute atomic E-state index is 0. The van der Waals surface area contributed by atoms with E-state index < -0.39 is 0 Å². The predicted octanol–water partition coefficient (Wildman–Crippen LogP) is 4.52. The molecule has 11 heteroatoms. The first-order chi connectivity index (χ1) is 10.3. The average Bonchev–Trinajstić information content (AvgIpc) is 2.47. The van der Waals surface area contributed by atoms with Gasteiger partial charge in [0, 0.05) is 25.7 Å². The average molecular weight is 655 g/mol. The first-order valence-corrected chi connectivity index (χ1v) is 8.78. The van der Waals surface area contributed by atoms with Gasteiger partial charge in [0.2, 0.25) is 0 Å². The van der Waals surface area contributed by atoms with Crippen molar-refractivity contribution in [2.75, 3.05) is 0 Å². The number of hydrogen-bond acceptors (Lipinski definition) is 4. The minimum Gasteiger partial charge on any atom is -0.870 e. The SMILES string of the molecule is Oc1c(Br)cc(Br)cc1C=[OH+].Oc1c(Br)cc(Br)cc1C=[OH+].[Co].[OH-].[OH-]. The molecule has 6 N–H and O–H groups in total. The number of rotatable bonds is 2. The van der Waals surface area contributed by atoms with Crippen molar-refractivity contribution in [3.8, 4) is 11.5 Å². The third-order valence-corrected chi connectivity index (χ3v) is 4.52. The van der Waals surface area contributed by atoms with Gasteiger partial charge in [0.25, 0.3) is 0 Å². The fraction of sp³-hybridized carbons (Fsp3) is 0. The normalized spacial score (nSPS) is 8.48. The second-order valence-electron chi connectivity index (χ2n) is 3.91. The van der Waals surface area contributed by atoms with Gasteiger partial charge in [-0.15, -0.1) is 0 Å². The molecule has 0 aliphatic rings. The standard InChI is InChI=1S/2C7H4Br2O2.Co.2H2O/c2*8-5-1-4(3-10)7(11)6(9)2-5;;;/h2*1-3,11H;;2*1H2. The minimum atomic E-state index is 0. The smallest absolute Gasteiger partial charge is 0.316 e. The van der Waals surface area contributed by atoms with E-state index in [1.165, 1.54) is 0 Å². The van der Waals surface area contributed by atoms with Gasteiger partial charge in [-0.1, -0.05) is 31.9 Å². The molecule has 1 radical (unpaired) electrons. The molecule has 0 aliphatic heterocycles. The number of aldehydes is 2. The van der Waals surface area contributed by atoms with Crippen LogP contribution in [-0.4, -0.2) is 43.3 Å². The summed E-state index contributed by atoms with van der Waals surface area (Å²) in [5.41, 5.74) is 0.762. The van der Waals surface area contributed by atoms with Crippen LogP contribution in [0.1, 0.15) is 11.1 Å². The number of phenols is 2. The van der Waals surface area contributed by atoms with Crippen molar-refractivity contribution < 1.29 is 47.5 Å². The van der Waals surface area contributed by atoms with Gasteiger partial charge in [-0.2, -0.15) is 0 Å². The zero-order chi connectivity index (χ0) is 16.9. The van der Waals surface area contributed by atoms with Gasteiger partial charge in [0.15, 0.2) is 0 Å². The van der Waals surface area contributed by atoms with E-state index in [-0.39, 0.29) is 39.2 Å². The molecule has 0 spiro atoms. The molecule has 0 bridgehead atoms. The van der Waals surface area contributed by atoms with Crippen LogP contribution in [0.3, 0.4) is 0 Å². The fourth-order valence-corrected chi connectivity index (χ4v) is 3.89. The van der Waals surface area contributed by atoms with Crippen LogP contribution >= 0.6 is 63.7 Å². The van der Waals surface area contributed by atoms with E-state index in [1.54, 1.807) is 24.3 Å². The molecule has 0 saturated heterocycles. The Bertz CT molecular complexity index is 665. The Hall–Kier alpha value is -0.274. The van der Waals surface area contributed by atoms with Crippen molar-refractivity contribution in [1.29, 1.82) is 0 Å². The van der Waals surface area contributed by atoms with E-state index in [0.29, 0.717) is 20.1 Å². The summed E-state index contributed by atoms with van der Waals surface area (Å²) in [6.45, 7) is 0. The van der Waals surface area contributed by atoms with Crippen molar-refractivity contribution in [2.45, 2.75) is 0 Å². The number of carbonyl (C=O) groups excluding carboxylic acids is 2. The molecule has 0 aromatic heterocycles. The Morgan fingerprint density at radius 1 is 0.680 bits per heavy atom. The molecule has 25 heavy (non-hydrogen) atoms. The van der Waals surface area contributed by atoms with Gasteiger partial charge in [-0.25, -0.2) is 0 Å². The van der Waals surface area contributed by atoms with Crippen LogP contribution in [0.25, 0.3) is 0 Å². The van der Waals surface area contributed by atoms with E-state index in [9.17, 15) is 10.2 Å². The van der Waals surface area contributed by atoms with Gasteiger partial charge in [-0.05, 0) is 56.1 Å². The molecule has 0 fully saturated rings. The zero-order valence-corrected chi connectivity index (χ0v) is 19.4. The van der Waals surface area contributed by atoms with Crippen molar-refractivity contribution in [3.63, 3.8) is 0 Å². The number of hydrogen-bond donors (Lipinski definition) is 2. The van der Waals surface area contributed by atoms with Crippen LogP contribution in [0.4, 0.5) is 0 Å². The molecule has 2 rings (SSSR count). The van der Waals surface area contributed by atoms with Crippen LogP contribution in [0.2, 0.25) is 0 Å². The summed E-state index contributed by atoms with van der Waals surface area (Å²) in [5.74, 6) is 0.0754. The molecule has 0 saturated carbocycles. The molecule has 2 aromatic carbocycles. The number of halogens is 4. The van der Waals surface area contributed by atoms with Crippen molar-refractivity contribution >= 4 is 76.3 Å². The van der Waals surface area contributed by atoms with E-state index in [1.807, 2.05) is 0 Å². The first kappa shape index (κ1) is 29.5. The van der Waals surface area contributed by atoms with Crippen molar-refractivity contribution in [1.82, 2.24) is 0 Å². The summed E-state index contributed by atoms with van der Waals surface area (Å²) in [6.07, 6.45) is 1.70. The third-order valence-electron chi connectivity index (χ3n) is 2.39. The largest absolute Gasteiger partial charge is 0.870 e. The molecule has 141 valence electrons. The quantitative estimate of drug-likeness (QED) is 0.363. The van der Waals surface area contributed by atoms with Crippen LogP contribution < -0.4 is 0 Å². The van der Waals surface area contributed by atoms with Crippen LogP contribution in [0.5, 0.6) is 11.5 Å². The molecular weight excluding hydrogens is 643 g/mol. The Morgan fingerprint density at radius 3 is 1.20 bits per heavy atom. The van der Waals surface area contributed by atoms with Crippen LogP contribution in [-0.2, 0) is 16.8 Å². The Balaban J connectivity index is -0.000000346. The summed E-state index contributed by atoms with van der Waals surface area (Å²) in [6, 6.07) is 6.62. The van der Waals surface area contributed by atoms with E-state index in [4.69, 9.17) is 9.59 Å². The second kappa shape index (κ2) is 13.9. The van der Waals surface area contributed by atoms with Crippen molar-refractivity contribution in [3.05, 3.63) is 53.3 Å². The maximum absolute atomic E-state index is 9.26. The van der Waals surface area contributed by atoms with Crippen LogP contribution in [0.15, 0.2) is 42.2 Å². The topological polar surface area (TPSA) is 143 Å². The molecule has 0 unspecified atom stereocenters. The van der Waals surface area contributed by atoms with Gasteiger partial charge >= 0.3 is 12.6 Å². The summed E-state index contributed by atoms with van der Waals surface area (Å²) < 4.78 is 2.68. The summed E-state index contributed by atoms with van der Waals surface area (Å²) in [4.78, 5) is 17.3. The Kier molecular flexibility index (Phi) is 16.4. The van der Waals surface area contributed by atoms with Gasteiger partial charge in [-0.3, -0.25) is 9.59 Å². The molecule has 0 heterocycles. The summed E-state index contributed by atoms with van der Waals surface area (Å²) in [7, 11) is 0. The zero-order valence-electron chi connectivity index (χ0n) is 12.0. The molecular formula is C14H12Br4CoO6. The molecule has 0 amide bonds. The monoisotopic (exact) mass is 651 g/mol. The summed E-state index contributed by atoms with van der Waals surface area (Å²) in [5, 5.41) is 18.5. The first-order valence-electron chi connectivity index (χ1n) is 5.61. The molecule has 0 aliphatic carbocycles. The van der Waals surface area contributed by atoms with E-state index >= 15 is 0 Å². The van der Waals surface area contributed by atoms with Crippen molar-refractivity contribution in [2.24, 2.45) is 0 Å². The fourth-order valence-electron chi connectivity index (χ4n) is 1.37. The Morgan fingerprint density at radius 2 is 0.960 bits per heavy atom. The van der Waals surface area contributed by atoms with Gasteiger partial charge < -0.3 is 21.2 Å². The van der Waals surface area contributed by atoms with E-state index in [2.05, 4.69) is 63.7 Å². The molecule has 6 nitrogen and oxygen atoms in total. The van der Waals surface area contributed by atoms with Gasteiger partial charge in [0.05, 0.1) is 8.95 Å². The number of phenolic OH excluding ortho intramolecular Hbond substituents is 2. The molecule has 0 atom stereocenters.